The molecule has 4 heteroatoms. The van der Waals surface area contributed by atoms with Gasteiger partial charge in [-0.3, -0.25) is 9.48 Å². The molecular weight excluding hydrogens is 142 g/mol. The van der Waals surface area contributed by atoms with Crippen LogP contribution in [-0.4, -0.2) is 22.7 Å². The van der Waals surface area contributed by atoms with Crippen LogP contribution < -0.4 is 5.32 Å². The molecule has 60 valence electrons. The van der Waals surface area contributed by atoms with E-state index in [9.17, 15) is 4.79 Å². The van der Waals surface area contributed by atoms with Crippen LogP contribution in [-0.2, 0) is 6.54 Å². The van der Waals surface area contributed by atoms with Gasteiger partial charge >= 0.3 is 0 Å². The number of aryl methyl sites for hydroxylation is 1. The van der Waals surface area contributed by atoms with E-state index in [2.05, 4.69) is 10.4 Å². The standard InChI is InChI=1S/C7H11N3O/c1-3-10-5-4-6(9-10)7(11)8-2/h4-5H,3H2,1-2H3,(H,8,11). The van der Waals surface area contributed by atoms with Crippen molar-refractivity contribution in [1.29, 1.82) is 0 Å². The summed E-state index contributed by atoms with van der Waals surface area (Å²) in [5.74, 6) is -0.141. The van der Waals surface area contributed by atoms with Crippen molar-refractivity contribution in [3.8, 4) is 0 Å². The fourth-order valence-corrected chi connectivity index (χ4v) is 0.787. The van der Waals surface area contributed by atoms with Crippen molar-refractivity contribution >= 4 is 5.91 Å². The van der Waals surface area contributed by atoms with E-state index < -0.39 is 0 Å². The lowest BCUT2D eigenvalue weighted by molar-refractivity contribution is 0.0957. The summed E-state index contributed by atoms with van der Waals surface area (Å²) in [6.07, 6.45) is 1.78. The predicted octanol–water partition coefficient (Wildman–Crippen LogP) is 0.263. The first-order valence-corrected chi connectivity index (χ1v) is 3.53. The summed E-state index contributed by atoms with van der Waals surface area (Å²) in [5, 5.41) is 6.51. The summed E-state index contributed by atoms with van der Waals surface area (Å²) >= 11 is 0. The molecule has 0 atom stereocenters. The zero-order valence-corrected chi connectivity index (χ0v) is 6.66. The predicted molar refractivity (Wildman–Crippen MR) is 41.3 cm³/mol. The van der Waals surface area contributed by atoms with Gasteiger partial charge in [-0.25, -0.2) is 0 Å². The zero-order valence-electron chi connectivity index (χ0n) is 6.66. The van der Waals surface area contributed by atoms with Crippen LogP contribution in [0, 0.1) is 0 Å². The molecule has 0 spiro atoms. The van der Waals surface area contributed by atoms with E-state index in [0.29, 0.717) is 5.69 Å². The molecule has 0 aliphatic rings. The fourth-order valence-electron chi connectivity index (χ4n) is 0.787. The molecule has 1 heterocycles. The number of carbonyl (C=O) groups excluding carboxylic acids is 1. The summed E-state index contributed by atoms with van der Waals surface area (Å²) in [4.78, 5) is 11.0. The highest BCUT2D eigenvalue weighted by Crippen LogP contribution is 1.94. The SMILES string of the molecule is CCn1ccc(C(=O)NC)n1. The van der Waals surface area contributed by atoms with Gasteiger partial charge in [0, 0.05) is 19.8 Å². The topological polar surface area (TPSA) is 46.9 Å². The molecule has 0 fully saturated rings. The largest absolute Gasteiger partial charge is 0.354 e. The van der Waals surface area contributed by atoms with Crippen molar-refractivity contribution in [2.45, 2.75) is 13.5 Å². The number of nitrogens with zero attached hydrogens (tertiary/aromatic N) is 2. The van der Waals surface area contributed by atoms with Crippen molar-refractivity contribution in [2.24, 2.45) is 0 Å². The molecule has 0 aliphatic carbocycles. The Balaban J connectivity index is 2.80. The number of hydrogen-bond acceptors (Lipinski definition) is 2. The molecule has 0 aromatic carbocycles. The van der Waals surface area contributed by atoms with E-state index in [1.165, 1.54) is 0 Å². The lowest BCUT2D eigenvalue weighted by Gasteiger charge is -1.93. The molecule has 0 bridgehead atoms. The van der Waals surface area contributed by atoms with Gasteiger partial charge < -0.3 is 5.32 Å². The minimum atomic E-state index is -0.141. The Morgan fingerprint density at radius 2 is 2.55 bits per heavy atom. The lowest BCUT2D eigenvalue weighted by Crippen LogP contribution is -2.18. The van der Waals surface area contributed by atoms with Gasteiger partial charge in [0.05, 0.1) is 0 Å². The number of hydrogen-bond donors (Lipinski definition) is 1. The maximum atomic E-state index is 11.0. The highest BCUT2D eigenvalue weighted by atomic mass is 16.1. The van der Waals surface area contributed by atoms with Crippen LogP contribution in [0.5, 0.6) is 0 Å². The van der Waals surface area contributed by atoms with E-state index in [4.69, 9.17) is 0 Å². The van der Waals surface area contributed by atoms with E-state index >= 15 is 0 Å². The Bertz CT molecular complexity index is 254. The maximum Gasteiger partial charge on any atom is 0.271 e. The van der Waals surface area contributed by atoms with Crippen molar-refractivity contribution in [3.63, 3.8) is 0 Å². The second-order valence-corrected chi connectivity index (χ2v) is 2.14. The third kappa shape index (κ3) is 1.58. The highest BCUT2D eigenvalue weighted by Gasteiger charge is 2.04. The van der Waals surface area contributed by atoms with Gasteiger partial charge in [0.1, 0.15) is 5.69 Å². The number of nitrogens with one attached hydrogen (secondary N) is 1. The Hall–Kier alpha value is -1.32. The molecule has 0 radical (unpaired) electrons. The summed E-state index contributed by atoms with van der Waals surface area (Å²) in [6.45, 7) is 2.76. The third-order valence-corrected chi connectivity index (χ3v) is 1.42. The maximum absolute atomic E-state index is 11.0. The molecule has 1 rings (SSSR count). The van der Waals surface area contributed by atoms with Crippen LogP contribution in [0.3, 0.4) is 0 Å². The van der Waals surface area contributed by atoms with Crippen LogP contribution in [0.4, 0.5) is 0 Å². The van der Waals surface area contributed by atoms with Gasteiger partial charge in [0.25, 0.3) is 5.91 Å². The third-order valence-electron chi connectivity index (χ3n) is 1.42. The van der Waals surface area contributed by atoms with E-state index in [1.54, 1.807) is 24.0 Å². The molecule has 1 N–H and O–H groups in total. The first kappa shape index (κ1) is 7.78. The molecule has 0 unspecified atom stereocenters. The summed E-state index contributed by atoms with van der Waals surface area (Å²) in [5.41, 5.74) is 0.467. The Morgan fingerprint density at radius 1 is 1.82 bits per heavy atom. The van der Waals surface area contributed by atoms with Gasteiger partial charge in [-0.05, 0) is 13.0 Å². The van der Waals surface area contributed by atoms with Gasteiger partial charge in [-0.15, -0.1) is 0 Å². The molecule has 0 saturated heterocycles. The van der Waals surface area contributed by atoms with Crippen molar-refractivity contribution in [3.05, 3.63) is 18.0 Å². The van der Waals surface area contributed by atoms with Crippen LogP contribution in [0.1, 0.15) is 17.4 Å². The molecule has 11 heavy (non-hydrogen) atoms. The molecular formula is C7H11N3O. The van der Waals surface area contributed by atoms with Gasteiger partial charge in [-0.2, -0.15) is 5.10 Å². The van der Waals surface area contributed by atoms with Crippen LogP contribution in [0.15, 0.2) is 12.3 Å². The van der Waals surface area contributed by atoms with Gasteiger partial charge in [0.15, 0.2) is 0 Å². The van der Waals surface area contributed by atoms with Crippen molar-refractivity contribution in [1.82, 2.24) is 15.1 Å². The fraction of sp³-hybridized carbons (Fsp3) is 0.429. The lowest BCUT2D eigenvalue weighted by atomic mass is 10.4. The zero-order chi connectivity index (χ0) is 8.27. The molecule has 1 aromatic heterocycles. The van der Waals surface area contributed by atoms with E-state index in [1.807, 2.05) is 6.92 Å². The van der Waals surface area contributed by atoms with Crippen LogP contribution in [0.25, 0.3) is 0 Å². The van der Waals surface area contributed by atoms with Crippen molar-refractivity contribution < 1.29 is 4.79 Å². The molecule has 4 nitrogen and oxygen atoms in total. The highest BCUT2D eigenvalue weighted by molar-refractivity contribution is 5.91. The molecule has 0 saturated carbocycles. The summed E-state index contributed by atoms with van der Waals surface area (Å²) in [7, 11) is 1.59. The number of rotatable bonds is 2. The molecule has 1 amide bonds. The first-order valence-electron chi connectivity index (χ1n) is 3.53. The van der Waals surface area contributed by atoms with E-state index in [0.717, 1.165) is 6.54 Å². The Labute approximate surface area is 65.2 Å². The first-order chi connectivity index (χ1) is 5.27. The minimum Gasteiger partial charge on any atom is -0.354 e. The number of aromatic nitrogens is 2. The summed E-state index contributed by atoms with van der Waals surface area (Å²) in [6, 6.07) is 1.70. The second kappa shape index (κ2) is 3.18. The van der Waals surface area contributed by atoms with Gasteiger partial charge in [-0.1, -0.05) is 0 Å². The molecule has 0 aliphatic heterocycles. The average molecular weight is 153 g/mol. The van der Waals surface area contributed by atoms with Crippen molar-refractivity contribution in [2.75, 3.05) is 7.05 Å². The Morgan fingerprint density at radius 3 is 3.00 bits per heavy atom. The number of carbonyl (C=O) groups is 1. The number of amides is 1. The van der Waals surface area contributed by atoms with E-state index in [-0.39, 0.29) is 5.91 Å². The Kier molecular flexibility index (Phi) is 2.25. The van der Waals surface area contributed by atoms with Crippen LogP contribution >= 0.6 is 0 Å². The normalized spacial score (nSPS) is 9.64. The minimum absolute atomic E-state index is 0.141. The quantitative estimate of drug-likeness (QED) is 0.662. The average Bonchev–Trinajstić information content (AvgIpc) is 2.50. The van der Waals surface area contributed by atoms with Crippen LogP contribution in [0.2, 0.25) is 0 Å². The smallest absolute Gasteiger partial charge is 0.271 e. The van der Waals surface area contributed by atoms with Gasteiger partial charge in [0.2, 0.25) is 0 Å². The molecule has 1 aromatic rings. The monoisotopic (exact) mass is 153 g/mol. The second-order valence-electron chi connectivity index (χ2n) is 2.14. The summed E-state index contributed by atoms with van der Waals surface area (Å²) < 4.78 is 1.71.